The molecule has 4 nitrogen and oxygen atoms in total. The fraction of sp³-hybridized carbons (Fsp3) is 0.875. The highest BCUT2D eigenvalue weighted by Gasteiger charge is 2.37. The summed E-state index contributed by atoms with van der Waals surface area (Å²) in [6.07, 6.45) is -0.435. The number of carbonyl (C=O) groups is 1. The largest absolute Gasteiger partial charge is 0.347 e. The van der Waals surface area contributed by atoms with Crippen molar-refractivity contribution in [1.82, 2.24) is 4.90 Å². The van der Waals surface area contributed by atoms with E-state index in [9.17, 15) is 4.79 Å². The van der Waals surface area contributed by atoms with Crippen molar-refractivity contribution in [2.45, 2.75) is 25.7 Å². The van der Waals surface area contributed by atoms with E-state index in [1.54, 1.807) is 27.9 Å². The van der Waals surface area contributed by atoms with Gasteiger partial charge in [0.05, 0.1) is 6.61 Å². The lowest BCUT2D eigenvalue weighted by molar-refractivity contribution is -0.158. The number of carbonyl (C=O) groups excluding carboxylic acids is 1. The Morgan fingerprint density at radius 3 is 2.42 bits per heavy atom. The van der Waals surface area contributed by atoms with Gasteiger partial charge in [-0.05, 0) is 13.8 Å². The van der Waals surface area contributed by atoms with E-state index in [-0.39, 0.29) is 5.91 Å². The molecule has 70 valence electrons. The van der Waals surface area contributed by atoms with Crippen LogP contribution in [-0.2, 0) is 14.3 Å². The van der Waals surface area contributed by atoms with Gasteiger partial charge in [-0.25, -0.2) is 0 Å². The summed E-state index contributed by atoms with van der Waals surface area (Å²) in [5.41, 5.74) is 0. The molecule has 4 heteroatoms. The summed E-state index contributed by atoms with van der Waals surface area (Å²) in [5, 5.41) is 0. The Kier molecular flexibility index (Phi) is 2.39. The zero-order chi connectivity index (χ0) is 9.35. The molecule has 0 radical (unpaired) electrons. The second-order valence-electron chi connectivity index (χ2n) is 3.55. The minimum atomic E-state index is -0.615. The van der Waals surface area contributed by atoms with Crippen LogP contribution in [0.1, 0.15) is 13.8 Å². The number of rotatable bonds is 1. The van der Waals surface area contributed by atoms with Crippen molar-refractivity contribution >= 4 is 5.91 Å². The molecule has 0 spiro atoms. The summed E-state index contributed by atoms with van der Waals surface area (Å²) in [4.78, 5) is 12.9. The normalized spacial score (nSPS) is 27.2. The first-order valence-electron chi connectivity index (χ1n) is 3.95. The van der Waals surface area contributed by atoms with Gasteiger partial charge in [0, 0.05) is 14.1 Å². The summed E-state index contributed by atoms with van der Waals surface area (Å²) in [7, 11) is 3.41. The lowest BCUT2D eigenvalue weighted by atomic mass is 10.3. The average molecular weight is 173 g/mol. The van der Waals surface area contributed by atoms with Gasteiger partial charge in [0.2, 0.25) is 0 Å². The van der Waals surface area contributed by atoms with Gasteiger partial charge in [0.1, 0.15) is 0 Å². The molecule has 0 aromatic carbocycles. The van der Waals surface area contributed by atoms with Crippen molar-refractivity contribution in [3.8, 4) is 0 Å². The molecule has 1 unspecified atom stereocenters. The third-order valence-corrected chi connectivity index (χ3v) is 1.72. The third-order valence-electron chi connectivity index (χ3n) is 1.72. The number of likely N-dealkylation sites (N-methyl/N-ethyl adjacent to an activating group) is 1. The van der Waals surface area contributed by atoms with Crippen LogP contribution >= 0.6 is 0 Å². The smallest absolute Gasteiger partial charge is 0.253 e. The fourth-order valence-corrected chi connectivity index (χ4v) is 1.10. The van der Waals surface area contributed by atoms with E-state index in [0.29, 0.717) is 6.61 Å². The van der Waals surface area contributed by atoms with Gasteiger partial charge >= 0.3 is 0 Å². The van der Waals surface area contributed by atoms with Crippen LogP contribution in [0.5, 0.6) is 0 Å². The number of ether oxygens (including phenoxy) is 2. The molecule has 1 atom stereocenters. The zero-order valence-corrected chi connectivity index (χ0v) is 7.96. The summed E-state index contributed by atoms with van der Waals surface area (Å²) in [6, 6.07) is 0. The van der Waals surface area contributed by atoms with Gasteiger partial charge in [-0.2, -0.15) is 0 Å². The SMILES string of the molecule is CN(C)C(=O)C1COC(C)(C)O1. The molecule has 0 aromatic heterocycles. The third kappa shape index (κ3) is 1.95. The predicted molar refractivity (Wildman–Crippen MR) is 43.6 cm³/mol. The van der Waals surface area contributed by atoms with E-state index < -0.39 is 11.9 Å². The van der Waals surface area contributed by atoms with Gasteiger partial charge in [0.15, 0.2) is 11.9 Å². The van der Waals surface area contributed by atoms with Gasteiger partial charge < -0.3 is 14.4 Å². The van der Waals surface area contributed by atoms with E-state index >= 15 is 0 Å². The van der Waals surface area contributed by atoms with Crippen molar-refractivity contribution in [2.24, 2.45) is 0 Å². The minimum absolute atomic E-state index is 0.0411. The highest BCUT2D eigenvalue weighted by atomic mass is 16.7. The van der Waals surface area contributed by atoms with Crippen LogP contribution in [0.15, 0.2) is 0 Å². The van der Waals surface area contributed by atoms with Crippen LogP contribution < -0.4 is 0 Å². The Morgan fingerprint density at radius 2 is 2.08 bits per heavy atom. The molecule has 1 aliphatic heterocycles. The monoisotopic (exact) mass is 173 g/mol. The standard InChI is InChI=1S/C8H15NO3/c1-8(2)11-5-6(12-8)7(10)9(3)4/h6H,5H2,1-4H3. The van der Waals surface area contributed by atoms with Crippen LogP contribution in [0, 0.1) is 0 Å². The first-order valence-corrected chi connectivity index (χ1v) is 3.95. The Balaban J connectivity index is 2.53. The second-order valence-corrected chi connectivity index (χ2v) is 3.55. The molecule has 1 aliphatic rings. The van der Waals surface area contributed by atoms with E-state index in [0.717, 1.165) is 0 Å². The average Bonchev–Trinajstić information content (AvgIpc) is 2.28. The van der Waals surface area contributed by atoms with Gasteiger partial charge in [-0.1, -0.05) is 0 Å². The number of nitrogens with zero attached hydrogens (tertiary/aromatic N) is 1. The molecule has 0 aromatic rings. The highest BCUT2D eigenvalue weighted by Crippen LogP contribution is 2.22. The minimum Gasteiger partial charge on any atom is -0.347 e. The molecule has 0 bridgehead atoms. The van der Waals surface area contributed by atoms with Crippen LogP contribution in [0.2, 0.25) is 0 Å². The van der Waals surface area contributed by atoms with Crippen molar-refractivity contribution in [2.75, 3.05) is 20.7 Å². The van der Waals surface area contributed by atoms with Crippen molar-refractivity contribution in [1.29, 1.82) is 0 Å². The molecule has 1 saturated heterocycles. The zero-order valence-electron chi connectivity index (χ0n) is 7.96. The molecule has 0 N–H and O–H groups in total. The van der Waals surface area contributed by atoms with Crippen LogP contribution in [0.3, 0.4) is 0 Å². The first-order chi connectivity index (χ1) is 5.42. The maximum atomic E-state index is 11.4. The maximum absolute atomic E-state index is 11.4. The summed E-state index contributed by atoms with van der Waals surface area (Å²) >= 11 is 0. The van der Waals surface area contributed by atoms with Crippen molar-refractivity contribution in [3.05, 3.63) is 0 Å². The highest BCUT2D eigenvalue weighted by molar-refractivity contribution is 5.80. The topological polar surface area (TPSA) is 38.8 Å². The van der Waals surface area contributed by atoms with Crippen LogP contribution in [-0.4, -0.2) is 43.4 Å². The Hall–Kier alpha value is -0.610. The summed E-state index contributed by atoms with van der Waals surface area (Å²) in [5.74, 6) is -0.656. The lowest BCUT2D eigenvalue weighted by Gasteiger charge is -2.18. The van der Waals surface area contributed by atoms with E-state index in [4.69, 9.17) is 9.47 Å². The lowest BCUT2D eigenvalue weighted by Crippen LogP contribution is -2.36. The maximum Gasteiger partial charge on any atom is 0.253 e. The van der Waals surface area contributed by atoms with Gasteiger partial charge in [-0.15, -0.1) is 0 Å². The number of hydrogen-bond donors (Lipinski definition) is 0. The van der Waals surface area contributed by atoms with Crippen molar-refractivity contribution < 1.29 is 14.3 Å². The molecule has 1 fully saturated rings. The van der Waals surface area contributed by atoms with Crippen LogP contribution in [0.25, 0.3) is 0 Å². The van der Waals surface area contributed by atoms with Crippen LogP contribution in [0.4, 0.5) is 0 Å². The molecule has 0 aliphatic carbocycles. The van der Waals surface area contributed by atoms with E-state index in [2.05, 4.69) is 0 Å². The van der Waals surface area contributed by atoms with E-state index in [1.807, 2.05) is 0 Å². The molecule has 1 amide bonds. The molecule has 1 heterocycles. The first kappa shape index (κ1) is 9.48. The van der Waals surface area contributed by atoms with E-state index in [1.165, 1.54) is 4.90 Å². The Bertz CT molecular complexity index is 189. The molecule has 0 saturated carbocycles. The summed E-state index contributed by atoms with van der Waals surface area (Å²) < 4.78 is 10.6. The number of hydrogen-bond acceptors (Lipinski definition) is 3. The number of amides is 1. The quantitative estimate of drug-likeness (QED) is 0.569. The van der Waals surface area contributed by atoms with Crippen molar-refractivity contribution in [3.63, 3.8) is 0 Å². The molecular weight excluding hydrogens is 158 g/mol. The molecular formula is C8H15NO3. The predicted octanol–water partition coefficient (Wildman–Crippen LogP) is 0.226. The fourth-order valence-electron chi connectivity index (χ4n) is 1.10. The molecule has 12 heavy (non-hydrogen) atoms. The Labute approximate surface area is 72.4 Å². The van der Waals surface area contributed by atoms with Gasteiger partial charge in [0.25, 0.3) is 5.91 Å². The Morgan fingerprint density at radius 1 is 1.50 bits per heavy atom. The molecule has 1 rings (SSSR count). The van der Waals surface area contributed by atoms with Gasteiger partial charge in [-0.3, -0.25) is 4.79 Å². The summed E-state index contributed by atoms with van der Waals surface area (Å²) in [6.45, 7) is 3.95. The second kappa shape index (κ2) is 3.03.